The highest BCUT2D eigenvalue weighted by Crippen LogP contribution is 2.27. The van der Waals surface area contributed by atoms with Crippen molar-refractivity contribution in [2.24, 2.45) is 0 Å². The van der Waals surface area contributed by atoms with E-state index in [0.717, 1.165) is 41.1 Å². The van der Waals surface area contributed by atoms with Gasteiger partial charge in [0, 0.05) is 43.2 Å². The van der Waals surface area contributed by atoms with Gasteiger partial charge >= 0.3 is 0 Å². The van der Waals surface area contributed by atoms with Crippen LogP contribution in [0.1, 0.15) is 23.7 Å². The molecule has 0 radical (unpaired) electrons. The molecule has 28 heavy (non-hydrogen) atoms. The molecule has 0 bridgehead atoms. The fraction of sp³-hybridized carbons (Fsp3) is 0.238. The number of rotatable bonds is 4. The lowest BCUT2D eigenvalue weighted by Gasteiger charge is -2.15. The minimum Gasteiger partial charge on any atom is -0.342 e. The molecule has 0 aromatic carbocycles. The summed E-state index contributed by atoms with van der Waals surface area (Å²) in [6, 6.07) is 10.0. The molecule has 1 saturated heterocycles. The SMILES string of the molecule is O=C(Cc1ccsc1)N1CC[C@H](c2nc3ccc(-c4ccncc4)cn3n2)C1. The van der Waals surface area contributed by atoms with Crippen LogP contribution in [0, 0.1) is 0 Å². The summed E-state index contributed by atoms with van der Waals surface area (Å²) >= 11 is 1.63. The van der Waals surface area contributed by atoms with Gasteiger partial charge < -0.3 is 4.90 Å². The van der Waals surface area contributed by atoms with E-state index in [9.17, 15) is 4.79 Å². The van der Waals surface area contributed by atoms with E-state index in [0.29, 0.717) is 13.0 Å². The predicted molar refractivity (Wildman–Crippen MR) is 108 cm³/mol. The normalized spacial score (nSPS) is 16.7. The molecule has 1 amide bonds. The second-order valence-electron chi connectivity index (χ2n) is 7.06. The van der Waals surface area contributed by atoms with Gasteiger partial charge in [-0.3, -0.25) is 9.78 Å². The Balaban J connectivity index is 1.33. The maximum Gasteiger partial charge on any atom is 0.227 e. The van der Waals surface area contributed by atoms with Crippen molar-refractivity contribution in [3.05, 3.63) is 71.1 Å². The number of carbonyl (C=O) groups is 1. The third-order valence-corrected chi connectivity index (χ3v) is 5.93. The lowest BCUT2D eigenvalue weighted by Crippen LogP contribution is -2.29. The quantitative estimate of drug-likeness (QED) is 0.537. The molecule has 0 aliphatic carbocycles. The standard InChI is InChI=1S/C21H19N5OS/c27-20(11-15-6-10-28-14-15)25-9-5-18(12-25)21-23-19-2-1-17(13-26(19)24-21)16-3-7-22-8-4-16/h1-4,6-8,10,13-14,18H,5,9,11-12H2/t18-/m0/s1. The Labute approximate surface area is 166 Å². The Bertz CT molecular complexity index is 1110. The lowest BCUT2D eigenvalue weighted by atomic mass is 10.1. The van der Waals surface area contributed by atoms with E-state index in [-0.39, 0.29) is 11.8 Å². The summed E-state index contributed by atoms with van der Waals surface area (Å²) in [6.45, 7) is 1.46. The molecule has 1 aliphatic rings. The number of likely N-dealkylation sites (tertiary alicyclic amines) is 1. The van der Waals surface area contributed by atoms with Crippen LogP contribution in [0.2, 0.25) is 0 Å². The number of carbonyl (C=O) groups excluding carboxylic acids is 1. The summed E-state index contributed by atoms with van der Waals surface area (Å²) in [4.78, 5) is 23.3. The molecule has 6 nitrogen and oxygen atoms in total. The van der Waals surface area contributed by atoms with Crippen molar-refractivity contribution in [2.45, 2.75) is 18.8 Å². The zero-order valence-electron chi connectivity index (χ0n) is 15.2. The number of fused-ring (bicyclic) bond motifs is 1. The van der Waals surface area contributed by atoms with Gasteiger partial charge in [-0.25, -0.2) is 9.50 Å². The topological polar surface area (TPSA) is 63.4 Å². The van der Waals surface area contributed by atoms with E-state index in [1.165, 1.54) is 0 Å². The fourth-order valence-corrected chi connectivity index (χ4v) is 4.33. The van der Waals surface area contributed by atoms with Crippen molar-refractivity contribution in [2.75, 3.05) is 13.1 Å². The summed E-state index contributed by atoms with van der Waals surface area (Å²) in [6.07, 6.45) is 6.95. The molecule has 5 heterocycles. The number of thiophene rings is 1. The number of hydrogen-bond donors (Lipinski definition) is 0. The molecule has 1 aliphatic heterocycles. The van der Waals surface area contributed by atoms with E-state index in [4.69, 9.17) is 10.1 Å². The van der Waals surface area contributed by atoms with Gasteiger partial charge in [-0.2, -0.15) is 16.4 Å². The van der Waals surface area contributed by atoms with E-state index in [2.05, 4.69) is 11.1 Å². The Morgan fingerprint density at radius 3 is 2.86 bits per heavy atom. The zero-order chi connectivity index (χ0) is 18.9. The predicted octanol–water partition coefficient (Wildman–Crippen LogP) is 3.41. The first-order valence-electron chi connectivity index (χ1n) is 9.32. The second kappa shape index (κ2) is 7.16. The Morgan fingerprint density at radius 2 is 2.04 bits per heavy atom. The molecule has 4 aromatic rings. The highest BCUT2D eigenvalue weighted by molar-refractivity contribution is 7.08. The Hall–Kier alpha value is -3.06. The molecule has 0 unspecified atom stereocenters. The van der Waals surface area contributed by atoms with Crippen LogP contribution in [0.25, 0.3) is 16.8 Å². The van der Waals surface area contributed by atoms with Crippen molar-refractivity contribution in [1.82, 2.24) is 24.5 Å². The highest BCUT2D eigenvalue weighted by atomic mass is 32.1. The molecule has 5 rings (SSSR count). The van der Waals surface area contributed by atoms with Crippen molar-refractivity contribution in [3.8, 4) is 11.1 Å². The summed E-state index contributed by atoms with van der Waals surface area (Å²) in [5.41, 5.74) is 4.09. The van der Waals surface area contributed by atoms with Gasteiger partial charge in [0.2, 0.25) is 5.91 Å². The van der Waals surface area contributed by atoms with Gasteiger partial charge in [-0.05, 0) is 58.6 Å². The first-order chi connectivity index (χ1) is 13.8. The van der Waals surface area contributed by atoms with Crippen LogP contribution in [0.5, 0.6) is 0 Å². The smallest absolute Gasteiger partial charge is 0.227 e. The number of hydrogen-bond acceptors (Lipinski definition) is 5. The van der Waals surface area contributed by atoms with Crippen molar-refractivity contribution in [3.63, 3.8) is 0 Å². The van der Waals surface area contributed by atoms with E-state index in [1.807, 2.05) is 50.6 Å². The summed E-state index contributed by atoms with van der Waals surface area (Å²) in [5.74, 6) is 1.19. The minimum absolute atomic E-state index is 0.185. The third-order valence-electron chi connectivity index (χ3n) is 5.20. The number of pyridine rings is 2. The van der Waals surface area contributed by atoms with Gasteiger partial charge in [0.1, 0.15) is 0 Å². The maximum absolute atomic E-state index is 12.5. The molecular weight excluding hydrogens is 370 g/mol. The van der Waals surface area contributed by atoms with E-state index < -0.39 is 0 Å². The van der Waals surface area contributed by atoms with Crippen molar-refractivity contribution < 1.29 is 4.79 Å². The summed E-state index contributed by atoms with van der Waals surface area (Å²) in [7, 11) is 0. The molecular formula is C21H19N5OS. The van der Waals surface area contributed by atoms with Crippen LogP contribution in [-0.4, -0.2) is 43.5 Å². The van der Waals surface area contributed by atoms with Gasteiger partial charge in [0.05, 0.1) is 6.42 Å². The number of amides is 1. The minimum atomic E-state index is 0.185. The molecule has 1 atom stereocenters. The largest absolute Gasteiger partial charge is 0.342 e. The maximum atomic E-state index is 12.5. The Kier molecular flexibility index (Phi) is 4.37. The van der Waals surface area contributed by atoms with Crippen LogP contribution in [0.3, 0.4) is 0 Å². The molecule has 0 spiro atoms. The molecule has 0 N–H and O–H groups in total. The highest BCUT2D eigenvalue weighted by Gasteiger charge is 2.30. The van der Waals surface area contributed by atoms with Gasteiger partial charge in [-0.1, -0.05) is 0 Å². The lowest BCUT2D eigenvalue weighted by molar-refractivity contribution is -0.129. The molecule has 140 valence electrons. The Morgan fingerprint density at radius 1 is 1.14 bits per heavy atom. The summed E-state index contributed by atoms with van der Waals surface area (Å²) in [5, 5.41) is 8.75. The van der Waals surface area contributed by atoms with Crippen LogP contribution in [-0.2, 0) is 11.2 Å². The van der Waals surface area contributed by atoms with Gasteiger partial charge in [-0.15, -0.1) is 0 Å². The summed E-state index contributed by atoms with van der Waals surface area (Å²) < 4.78 is 1.83. The molecule has 4 aromatic heterocycles. The average Bonchev–Trinajstić information content (AvgIpc) is 3.47. The van der Waals surface area contributed by atoms with Crippen LogP contribution < -0.4 is 0 Å². The second-order valence-corrected chi connectivity index (χ2v) is 7.84. The van der Waals surface area contributed by atoms with Crippen LogP contribution in [0.15, 0.2) is 59.7 Å². The average molecular weight is 389 g/mol. The third kappa shape index (κ3) is 3.29. The van der Waals surface area contributed by atoms with Crippen LogP contribution in [0.4, 0.5) is 0 Å². The molecule has 0 saturated carbocycles. The van der Waals surface area contributed by atoms with Crippen molar-refractivity contribution >= 4 is 22.9 Å². The molecule has 1 fully saturated rings. The van der Waals surface area contributed by atoms with E-state index in [1.54, 1.807) is 23.7 Å². The first-order valence-corrected chi connectivity index (χ1v) is 10.3. The van der Waals surface area contributed by atoms with Crippen LogP contribution >= 0.6 is 11.3 Å². The van der Waals surface area contributed by atoms with Gasteiger partial charge in [0.15, 0.2) is 11.5 Å². The van der Waals surface area contributed by atoms with Gasteiger partial charge in [0.25, 0.3) is 0 Å². The monoisotopic (exact) mass is 389 g/mol. The number of aromatic nitrogens is 4. The van der Waals surface area contributed by atoms with E-state index >= 15 is 0 Å². The fourth-order valence-electron chi connectivity index (χ4n) is 3.67. The first kappa shape index (κ1) is 17.1. The van der Waals surface area contributed by atoms with Crippen molar-refractivity contribution in [1.29, 1.82) is 0 Å². The molecule has 7 heteroatoms. The zero-order valence-corrected chi connectivity index (χ0v) is 16.0. The number of nitrogens with zero attached hydrogens (tertiary/aromatic N) is 5.